The molecule has 154 valence electrons. The number of aromatic nitrogens is 3. The molecule has 0 unspecified atom stereocenters. The van der Waals surface area contributed by atoms with E-state index in [0.717, 1.165) is 25.2 Å². The maximum absolute atomic E-state index is 14.0. The van der Waals surface area contributed by atoms with E-state index >= 15 is 0 Å². The highest BCUT2D eigenvalue weighted by Crippen LogP contribution is 2.42. The lowest BCUT2D eigenvalue weighted by Crippen LogP contribution is -2.53. The van der Waals surface area contributed by atoms with Crippen LogP contribution >= 0.6 is 0 Å². The number of benzene rings is 2. The van der Waals surface area contributed by atoms with Crippen molar-refractivity contribution in [2.75, 3.05) is 25.5 Å². The first-order valence-corrected chi connectivity index (χ1v) is 9.60. The number of hydrogen-bond donors (Lipinski definition) is 1. The lowest BCUT2D eigenvalue weighted by atomic mass is 9.93. The van der Waals surface area contributed by atoms with E-state index in [9.17, 15) is 18.0 Å². The Morgan fingerprint density at radius 2 is 1.70 bits per heavy atom. The summed E-state index contributed by atoms with van der Waals surface area (Å²) in [6, 6.07) is 7.54. The highest BCUT2D eigenvalue weighted by molar-refractivity contribution is 5.77. The Morgan fingerprint density at radius 3 is 2.40 bits per heavy atom. The van der Waals surface area contributed by atoms with Gasteiger partial charge in [0.15, 0.2) is 23.2 Å². The third-order valence-electron chi connectivity index (χ3n) is 5.82. The van der Waals surface area contributed by atoms with Crippen LogP contribution in [-0.2, 0) is 5.66 Å². The smallest absolute Gasteiger partial charge is 0.300 e. The van der Waals surface area contributed by atoms with Gasteiger partial charge in [-0.25, -0.2) is 17.9 Å². The summed E-state index contributed by atoms with van der Waals surface area (Å²) in [6.45, 7) is 1.48. The van der Waals surface area contributed by atoms with Crippen LogP contribution in [0.1, 0.15) is 12.8 Å². The molecule has 9 heteroatoms. The lowest BCUT2D eigenvalue weighted by molar-refractivity contribution is 0.137. The monoisotopic (exact) mass is 413 g/mol. The third-order valence-corrected chi connectivity index (χ3v) is 5.82. The fourth-order valence-electron chi connectivity index (χ4n) is 4.11. The molecule has 0 amide bonds. The van der Waals surface area contributed by atoms with E-state index in [1.807, 2.05) is 7.05 Å². The molecule has 2 aromatic carbocycles. The molecule has 0 aliphatic carbocycles. The van der Waals surface area contributed by atoms with Gasteiger partial charge in [-0.05, 0) is 37.4 Å². The predicted octanol–water partition coefficient (Wildman–Crippen LogP) is 3.19. The highest BCUT2D eigenvalue weighted by Gasteiger charge is 2.42. The van der Waals surface area contributed by atoms with Gasteiger partial charge in [0.2, 0.25) is 0 Å². The van der Waals surface area contributed by atoms with Gasteiger partial charge in [-0.15, -0.1) is 0 Å². The van der Waals surface area contributed by atoms with Gasteiger partial charge in [-0.1, -0.05) is 0 Å². The number of anilines is 1. The average molecular weight is 413 g/mol. The van der Waals surface area contributed by atoms with E-state index < -0.39 is 28.7 Å². The molecule has 2 aliphatic rings. The zero-order valence-corrected chi connectivity index (χ0v) is 16.1. The number of hydrogen-bond acceptors (Lipinski definition) is 5. The van der Waals surface area contributed by atoms with E-state index in [4.69, 9.17) is 0 Å². The summed E-state index contributed by atoms with van der Waals surface area (Å²) in [5, 5.41) is 7.92. The minimum absolute atomic E-state index is 0.0740. The van der Waals surface area contributed by atoms with Crippen LogP contribution in [-0.4, -0.2) is 39.8 Å². The Kier molecular flexibility index (Phi) is 4.18. The molecule has 1 fully saturated rings. The topological polar surface area (TPSA) is 63.1 Å². The molecule has 0 atom stereocenters. The number of fused-ring (bicyclic) bond motifs is 4. The normalized spacial score (nSPS) is 17.3. The van der Waals surface area contributed by atoms with Crippen molar-refractivity contribution in [2.24, 2.45) is 0 Å². The molecule has 1 aromatic heterocycles. The van der Waals surface area contributed by atoms with Crippen LogP contribution in [0, 0.1) is 17.5 Å². The Labute approximate surface area is 170 Å². The molecule has 5 rings (SSSR count). The Morgan fingerprint density at radius 1 is 1.03 bits per heavy atom. The molecule has 1 N–H and O–H groups in total. The second-order valence-corrected chi connectivity index (χ2v) is 7.78. The Hall–Kier alpha value is -3.20. The van der Waals surface area contributed by atoms with Gasteiger partial charge in [0.1, 0.15) is 11.5 Å². The zero-order valence-electron chi connectivity index (χ0n) is 16.1. The van der Waals surface area contributed by atoms with Gasteiger partial charge in [-0.3, -0.25) is 4.79 Å². The van der Waals surface area contributed by atoms with Crippen LogP contribution in [0.3, 0.4) is 0 Å². The number of nitrogens with one attached hydrogen (secondary N) is 1. The molecule has 3 aromatic rings. The molecule has 2 aliphatic heterocycles. The summed E-state index contributed by atoms with van der Waals surface area (Å²) >= 11 is 0. The fraction of sp³-hybridized carbons (Fsp3) is 0.286. The van der Waals surface area contributed by atoms with E-state index in [2.05, 4.69) is 20.3 Å². The van der Waals surface area contributed by atoms with Crippen molar-refractivity contribution in [2.45, 2.75) is 18.5 Å². The van der Waals surface area contributed by atoms with Crippen LogP contribution in [0.15, 0.2) is 41.2 Å². The van der Waals surface area contributed by atoms with Crippen molar-refractivity contribution in [3.05, 3.63) is 64.2 Å². The van der Waals surface area contributed by atoms with Gasteiger partial charge >= 0.3 is 0 Å². The summed E-state index contributed by atoms with van der Waals surface area (Å²) in [6.07, 6.45) is 1.24. The second-order valence-electron chi connectivity index (χ2n) is 7.78. The van der Waals surface area contributed by atoms with Gasteiger partial charge in [0.25, 0.3) is 5.56 Å². The van der Waals surface area contributed by atoms with E-state index in [-0.39, 0.29) is 17.1 Å². The first-order chi connectivity index (χ1) is 14.4. The van der Waals surface area contributed by atoms with E-state index in [0.29, 0.717) is 24.1 Å². The SMILES string of the molecule is CN1CCC2(CC1)Nc1cc(F)c(F)cc1-c1nc(=O)c(-c3ccc(F)cc3)nn12. The van der Waals surface area contributed by atoms with Crippen molar-refractivity contribution in [3.63, 3.8) is 0 Å². The summed E-state index contributed by atoms with van der Waals surface area (Å²) in [5.41, 5.74) is -0.202. The number of halogens is 3. The molecular weight excluding hydrogens is 395 g/mol. The number of piperidine rings is 1. The van der Waals surface area contributed by atoms with Crippen LogP contribution < -0.4 is 10.9 Å². The first-order valence-electron chi connectivity index (χ1n) is 9.60. The van der Waals surface area contributed by atoms with Crippen molar-refractivity contribution in [1.82, 2.24) is 19.7 Å². The van der Waals surface area contributed by atoms with Crippen LogP contribution in [0.5, 0.6) is 0 Å². The minimum atomic E-state index is -1.03. The second kappa shape index (κ2) is 6.66. The molecule has 0 radical (unpaired) electrons. The summed E-state index contributed by atoms with van der Waals surface area (Å²) in [5.74, 6) is -2.25. The molecule has 0 bridgehead atoms. The van der Waals surface area contributed by atoms with Gasteiger partial charge < -0.3 is 10.2 Å². The van der Waals surface area contributed by atoms with Crippen molar-refractivity contribution >= 4 is 5.69 Å². The van der Waals surface area contributed by atoms with Gasteiger partial charge in [0, 0.05) is 43.1 Å². The molecule has 30 heavy (non-hydrogen) atoms. The predicted molar refractivity (Wildman–Crippen MR) is 105 cm³/mol. The Bertz CT molecular complexity index is 1200. The molecule has 1 spiro atoms. The standard InChI is InChI=1S/C21H18F3N5O/c1-28-8-6-21(7-9-28)26-17-11-16(24)15(23)10-14(17)19-25-20(30)18(27-29(19)21)12-2-4-13(22)5-3-12/h2-5,10-11,26H,6-9H2,1H3. The average Bonchev–Trinajstić information content (AvgIpc) is 2.72. The quantitative estimate of drug-likeness (QED) is 0.664. The largest absolute Gasteiger partial charge is 0.360 e. The molecule has 0 saturated carbocycles. The summed E-state index contributed by atoms with van der Waals surface area (Å²) in [4.78, 5) is 19.1. The summed E-state index contributed by atoms with van der Waals surface area (Å²) < 4.78 is 42.9. The van der Waals surface area contributed by atoms with E-state index in [1.54, 1.807) is 4.68 Å². The molecular formula is C21H18F3N5O. The number of rotatable bonds is 1. The maximum Gasteiger partial charge on any atom is 0.300 e. The van der Waals surface area contributed by atoms with Crippen LogP contribution in [0.25, 0.3) is 22.6 Å². The third kappa shape index (κ3) is 2.88. The number of likely N-dealkylation sites (tertiary alicyclic amines) is 1. The maximum atomic E-state index is 14.0. The minimum Gasteiger partial charge on any atom is -0.360 e. The van der Waals surface area contributed by atoms with Crippen LogP contribution in [0.2, 0.25) is 0 Å². The van der Waals surface area contributed by atoms with E-state index in [1.165, 1.54) is 24.3 Å². The zero-order chi connectivity index (χ0) is 21.0. The van der Waals surface area contributed by atoms with Crippen molar-refractivity contribution < 1.29 is 13.2 Å². The summed E-state index contributed by atoms with van der Waals surface area (Å²) in [7, 11) is 2.00. The van der Waals surface area contributed by atoms with Crippen molar-refractivity contribution in [1.29, 1.82) is 0 Å². The molecule has 3 heterocycles. The fourth-order valence-corrected chi connectivity index (χ4v) is 4.11. The first kappa shape index (κ1) is 18.8. The van der Waals surface area contributed by atoms with Crippen molar-refractivity contribution in [3.8, 4) is 22.6 Å². The number of nitrogens with zero attached hydrogens (tertiary/aromatic N) is 4. The Balaban J connectivity index is 1.75. The van der Waals surface area contributed by atoms with Gasteiger partial charge in [-0.2, -0.15) is 10.1 Å². The van der Waals surface area contributed by atoms with Gasteiger partial charge in [0.05, 0.1) is 5.69 Å². The highest BCUT2D eigenvalue weighted by atomic mass is 19.2. The molecule has 1 saturated heterocycles. The molecule has 6 nitrogen and oxygen atoms in total. The van der Waals surface area contributed by atoms with Crippen LogP contribution in [0.4, 0.5) is 18.9 Å². The lowest BCUT2D eigenvalue weighted by Gasteiger charge is -2.46.